The monoisotopic (exact) mass is 499 g/mol. The number of hydrogen-bond donors (Lipinski definition) is 3. The van der Waals surface area contributed by atoms with E-state index in [9.17, 15) is 15.0 Å². The highest BCUT2D eigenvalue weighted by atomic mass is 16.5. The maximum Gasteiger partial charge on any atom is 0.220 e. The van der Waals surface area contributed by atoms with Crippen molar-refractivity contribution in [2.45, 2.75) is 83.6 Å². The highest BCUT2D eigenvalue weighted by Gasteiger charge is 2.30. The normalized spacial score (nSPS) is 19.1. The van der Waals surface area contributed by atoms with E-state index >= 15 is 0 Å². The van der Waals surface area contributed by atoms with E-state index in [0.717, 1.165) is 35.7 Å². The zero-order chi connectivity index (χ0) is 25.9. The van der Waals surface area contributed by atoms with Crippen molar-refractivity contribution in [3.8, 4) is 17.2 Å². The minimum absolute atomic E-state index is 0.0695. The van der Waals surface area contributed by atoms with Crippen LogP contribution in [0.15, 0.2) is 48.5 Å². The van der Waals surface area contributed by atoms with Crippen molar-refractivity contribution < 1.29 is 29.2 Å². The van der Waals surface area contributed by atoms with Gasteiger partial charge in [-0.15, -0.1) is 0 Å². The molecule has 0 aliphatic heterocycles. The van der Waals surface area contributed by atoms with Gasteiger partial charge in [-0.3, -0.25) is 4.79 Å². The van der Waals surface area contributed by atoms with E-state index in [2.05, 4.69) is 5.32 Å². The predicted octanol–water partition coefficient (Wildman–Crippen LogP) is 4.80. The molecule has 3 N–H and O–H groups in total. The molecule has 1 aliphatic carbocycles. The minimum atomic E-state index is -0.847. The first-order chi connectivity index (χ1) is 17.3. The number of carbonyl (C=O) groups is 1. The largest absolute Gasteiger partial charge is 0.494 e. The second-order valence-corrected chi connectivity index (χ2v) is 9.78. The van der Waals surface area contributed by atoms with Crippen LogP contribution >= 0.6 is 0 Å². The van der Waals surface area contributed by atoms with Crippen LogP contribution < -0.4 is 19.5 Å². The molecule has 36 heavy (non-hydrogen) atoms. The summed E-state index contributed by atoms with van der Waals surface area (Å²) < 4.78 is 16.9. The van der Waals surface area contributed by atoms with E-state index in [1.165, 1.54) is 0 Å². The van der Waals surface area contributed by atoms with Crippen LogP contribution in [0.2, 0.25) is 0 Å². The van der Waals surface area contributed by atoms with Crippen molar-refractivity contribution in [2.24, 2.45) is 5.92 Å². The molecule has 1 fully saturated rings. The third-order valence-electron chi connectivity index (χ3n) is 6.37. The van der Waals surface area contributed by atoms with Gasteiger partial charge in [0.25, 0.3) is 0 Å². The molecule has 0 saturated heterocycles. The topological polar surface area (TPSA) is 97.3 Å². The first-order valence-electron chi connectivity index (χ1n) is 13.1. The third-order valence-corrected chi connectivity index (χ3v) is 6.37. The van der Waals surface area contributed by atoms with Gasteiger partial charge in [-0.05, 0) is 101 Å². The number of aliphatic hydroxyl groups is 2. The molecule has 0 spiro atoms. The van der Waals surface area contributed by atoms with Crippen LogP contribution in [0.4, 0.5) is 0 Å². The molecule has 0 bridgehead atoms. The molecule has 3 rings (SSSR count). The smallest absolute Gasteiger partial charge is 0.220 e. The van der Waals surface area contributed by atoms with E-state index in [4.69, 9.17) is 14.2 Å². The van der Waals surface area contributed by atoms with Crippen molar-refractivity contribution in [3.05, 3.63) is 54.1 Å². The Bertz CT molecular complexity index is 914. The molecule has 2 aromatic rings. The first-order valence-corrected chi connectivity index (χ1v) is 13.1. The molecule has 1 unspecified atom stereocenters. The number of aliphatic hydroxyl groups excluding tert-OH is 2. The quantitative estimate of drug-likeness (QED) is 0.323. The molecule has 1 saturated carbocycles. The van der Waals surface area contributed by atoms with Gasteiger partial charge in [0.15, 0.2) is 0 Å². The van der Waals surface area contributed by atoms with Crippen LogP contribution in [-0.2, 0) is 4.79 Å². The number of amides is 1. The Hall–Kier alpha value is -2.77. The zero-order valence-corrected chi connectivity index (χ0v) is 21.7. The van der Waals surface area contributed by atoms with Gasteiger partial charge >= 0.3 is 0 Å². The number of rotatable bonds is 14. The van der Waals surface area contributed by atoms with Gasteiger partial charge in [-0.2, -0.15) is 0 Å². The molecule has 1 amide bonds. The third kappa shape index (κ3) is 9.03. The highest BCUT2D eigenvalue weighted by molar-refractivity contribution is 5.76. The fourth-order valence-electron chi connectivity index (χ4n) is 4.64. The highest BCUT2D eigenvalue weighted by Crippen LogP contribution is 2.32. The summed E-state index contributed by atoms with van der Waals surface area (Å²) in [6, 6.07) is 14.4. The lowest BCUT2D eigenvalue weighted by Crippen LogP contribution is -2.40. The van der Waals surface area contributed by atoms with Gasteiger partial charge in [0.05, 0.1) is 37.6 Å². The summed E-state index contributed by atoms with van der Waals surface area (Å²) in [5.74, 6) is 2.43. The van der Waals surface area contributed by atoms with Gasteiger partial charge in [0.2, 0.25) is 5.91 Å². The molecular weight excluding hydrogens is 458 g/mol. The van der Waals surface area contributed by atoms with Crippen LogP contribution in [-0.4, -0.2) is 47.6 Å². The Morgan fingerprint density at radius 1 is 1.00 bits per heavy atom. The van der Waals surface area contributed by atoms with E-state index in [1.807, 2.05) is 69.3 Å². The lowest BCUT2D eigenvalue weighted by atomic mass is 9.91. The minimum Gasteiger partial charge on any atom is -0.494 e. The van der Waals surface area contributed by atoms with Crippen molar-refractivity contribution in [1.29, 1.82) is 0 Å². The van der Waals surface area contributed by atoms with Crippen molar-refractivity contribution in [2.75, 3.05) is 13.2 Å². The fourth-order valence-corrected chi connectivity index (χ4v) is 4.64. The van der Waals surface area contributed by atoms with E-state index < -0.39 is 12.1 Å². The van der Waals surface area contributed by atoms with Crippen molar-refractivity contribution in [1.82, 2.24) is 5.32 Å². The van der Waals surface area contributed by atoms with E-state index in [1.54, 1.807) is 0 Å². The molecule has 0 aromatic heterocycles. The Labute approximate surface area is 214 Å². The summed E-state index contributed by atoms with van der Waals surface area (Å²) >= 11 is 0. The summed E-state index contributed by atoms with van der Waals surface area (Å²) in [5.41, 5.74) is 0.730. The number of hydrogen-bond acceptors (Lipinski definition) is 6. The van der Waals surface area contributed by atoms with Gasteiger partial charge < -0.3 is 29.7 Å². The Balaban J connectivity index is 1.53. The second-order valence-electron chi connectivity index (χ2n) is 9.78. The standard InChI is InChI=1S/C29H41NO6/c1-4-34-24-13-15-25(16-14-24)35-17-5-6-28(32)30-27(19-21-7-10-23(31)18-21)29(33)22-8-11-26(12-9-22)36-20(2)3/h8-9,11-16,20-21,23,27,29,31,33H,4-7,10,17-19H2,1-3H3,(H,30,32)/t21?,23-,27+,29+/m0/s1. The Morgan fingerprint density at radius 3 is 2.22 bits per heavy atom. The van der Waals surface area contributed by atoms with Gasteiger partial charge in [0.1, 0.15) is 17.2 Å². The number of carbonyl (C=O) groups excluding carboxylic acids is 1. The molecule has 1 aliphatic rings. The Kier molecular flexibility index (Phi) is 10.9. The van der Waals surface area contributed by atoms with Gasteiger partial charge in [-0.25, -0.2) is 0 Å². The van der Waals surface area contributed by atoms with Crippen LogP contribution in [0.3, 0.4) is 0 Å². The maximum absolute atomic E-state index is 12.8. The van der Waals surface area contributed by atoms with Crippen LogP contribution in [0.25, 0.3) is 0 Å². The molecule has 2 aromatic carbocycles. The van der Waals surface area contributed by atoms with E-state index in [-0.39, 0.29) is 24.0 Å². The molecule has 4 atom stereocenters. The summed E-state index contributed by atoms with van der Waals surface area (Å²) in [6.07, 6.45) is 2.78. The van der Waals surface area contributed by atoms with Gasteiger partial charge in [-0.1, -0.05) is 12.1 Å². The Morgan fingerprint density at radius 2 is 1.64 bits per heavy atom. The average molecular weight is 500 g/mol. The maximum atomic E-state index is 12.8. The molecule has 7 heteroatoms. The fraction of sp³-hybridized carbons (Fsp3) is 0.552. The van der Waals surface area contributed by atoms with Crippen LogP contribution in [0.1, 0.15) is 71.0 Å². The average Bonchev–Trinajstić information content (AvgIpc) is 3.27. The summed E-state index contributed by atoms with van der Waals surface area (Å²) in [4.78, 5) is 12.8. The summed E-state index contributed by atoms with van der Waals surface area (Å²) in [5, 5.41) is 24.2. The number of ether oxygens (including phenoxy) is 3. The molecule has 7 nitrogen and oxygen atoms in total. The van der Waals surface area contributed by atoms with Gasteiger partial charge in [0, 0.05) is 6.42 Å². The molecule has 0 radical (unpaired) electrons. The lowest BCUT2D eigenvalue weighted by Gasteiger charge is -2.27. The SMILES string of the molecule is CCOc1ccc(OCCCC(=O)N[C@H](CC2CC[C@H](O)C2)[C@H](O)c2ccc(OC(C)C)cc2)cc1. The summed E-state index contributed by atoms with van der Waals surface area (Å²) in [6.45, 7) is 6.90. The number of benzene rings is 2. The lowest BCUT2D eigenvalue weighted by molar-refractivity contribution is -0.123. The molecule has 198 valence electrons. The predicted molar refractivity (Wildman–Crippen MR) is 139 cm³/mol. The first kappa shape index (κ1) is 27.8. The van der Waals surface area contributed by atoms with Crippen molar-refractivity contribution >= 4 is 5.91 Å². The molecular formula is C29H41NO6. The zero-order valence-electron chi connectivity index (χ0n) is 21.7. The van der Waals surface area contributed by atoms with Crippen molar-refractivity contribution in [3.63, 3.8) is 0 Å². The summed E-state index contributed by atoms with van der Waals surface area (Å²) in [7, 11) is 0. The van der Waals surface area contributed by atoms with Crippen LogP contribution in [0, 0.1) is 5.92 Å². The van der Waals surface area contributed by atoms with E-state index in [0.29, 0.717) is 38.9 Å². The molecule has 0 heterocycles. The second kappa shape index (κ2) is 14.1. The van der Waals surface area contributed by atoms with Crippen LogP contribution in [0.5, 0.6) is 17.2 Å². The number of nitrogens with one attached hydrogen (secondary N) is 1.